The van der Waals surface area contributed by atoms with Gasteiger partial charge in [0.15, 0.2) is 5.78 Å². The molecule has 2 aliphatic heterocycles. The molecule has 3 amide bonds. The number of Topliss-reactive ketones (excluding diaryl/α,β-unsaturated/α-hetero) is 1. The number of aromatic nitrogens is 1. The molecule has 13 heteroatoms. The number of rotatable bonds is 7. The number of nitrogens with one attached hydrogen (secondary N) is 2. The number of hydrogen-bond donors (Lipinski definition) is 2. The number of esters is 1. The largest absolute Gasteiger partial charge is 0.488 e. The summed E-state index contributed by atoms with van der Waals surface area (Å²) in [5.41, 5.74) is 0.500. The van der Waals surface area contributed by atoms with Gasteiger partial charge < -0.3 is 29.7 Å². The maximum atomic E-state index is 14.4. The summed E-state index contributed by atoms with van der Waals surface area (Å²) in [6.45, 7) is 1.94. The predicted octanol–water partition coefficient (Wildman–Crippen LogP) is 5.07. The van der Waals surface area contributed by atoms with E-state index in [0.717, 1.165) is 50.5 Å². The third-order valence-electron chi connectivity index (χ3n) is 10.4. The minimum Gasteiger partial charge on any atom is -0.488 e. The lowest BCUT2D eigenvalue weighted by Gasteiger charge is -2.29. The fourth-order valence-electron chi connectivity index (χ4n) is 7.50. The molecule has 0 radical (unpaired) electrons. The first kappa shape index (κ1) is 35.8. The normalized spacial score (nSPS) is 28.0. The first-order valence-electron chi connectivity index (χ1n) is 17.6. The molecule has 2 aromatic rings. The standard InChI is InChI=1S/C37H45BrN4O8/c1-22-11-10-15-26-31(18-28(30(43)20-38)39-32(22)26)49-25-17-29-33(44)41-37(35(46)48-2)19-23(37)12-6-4-3-5-7-16-27(34(45)42(29)21-25)40-36(47)50-24-13-8-9-14-24/h6,10-12,15,18,23-25,27,29H,3-5,7-9,13-14,16-17,19-21H2,1-2H3,(H,40,47)(H,41,44)/b12-6-/t23?,25-,27+,29+,37-/m1/s1. The lowest BCUT2D eigenvalue weighted by molar-refractivity contribution is -0.148. The molecule has 6 rings (SSSR count). The molecule has 12 nitrogen and oxygen atoms in total. The zero-order valence-corrected chi connectivity index (χ0v) is 30.2. The lowest BCUT2D eigenvalue weighted by Crippen LogP contribution is -2.56. The van der Waals surface area contributed by atoms with Crippen molar-refractivity contribution in [2.45, 2.75) is 107 Å². The van der Waals surface area contributed by atoms with Gasteiger partial charge in [0.2, 0.25) is 11.8 Å². The average molecular weight is 754 g/mol. The van der Waals surface area contributed by atoms with Crippen LogP contribution in [-0.2, 0) is 23.9 Å². The number of carbonyl (C=O) groups is 5. The van der Waals surface area contributed by atoms with Crippen LogP contribution in [0.2, 0.25) is 0 Å². The molecule has 2 aliphatic carbocycles. The fourth-order valence-corrected chi connectivity index (χ4v) is 7.79. The van der Waals surface area contributed by atoms with Crippen LogP contribution in [0.5, 0.6) is 5.75 Å². The number of pyridine rings is 1. The molecule has 3 heterocycles. The van der Waals surface area contributed by atoms with Gasteiger partial charge in [-0.15, -0.1) is 0 Å². The minimum absolute atomic E-state index is 0.0404. The van der Waals surface area contributed by atoms with Crippen LogP contribution in [0.25, 0.3) is 10.9 Å². The van der Waals surface area contributed by atoms with Crippen LogP contribution in [0.1, 0.15) is 86.7 Å². The Labute approximate surface area is 300 Å². The van der Waals surface area contributed by atoms with E-state index in [1.807, 2.05) is 37.3 Å². The summed E-state index contributed by atoms with van der Waals surface area (Å²) in [5.74, 6) is -1.48. The van der Waals surface area contributed by atoms with Gasteiger partial charge in [-0.05, 0) is 69.9 Å². The highest BCUT2D eigenvalue weighted by Crippen LogP contribution is 2.46. The number of methoxy groups -OCH3 is 1. The van der Waals surface area contributed by atoms with Crippen LogP contribution >= 0.6 is 15.9 Å². The van der Waals surface area contributed by atoms with Crippen LogP contribution in [0.4, 0.5) is 4.79 Å². The highest BCUT2D eigenvalue weighted by molar-refractivity contribution is 9.09. The van der Waals surface area contributed by atoms with E-state index < -0.39 is 47.6 Å². The molecular weight excluding hydrogens is 708 g/mol. The molecule has 3 fully saturated rings. The number of para-hydroxylation sites is 1. The molecule has 5 atom stereocenters. The number of carbonyl (C=O) groups excluding carboxylic acids is 5. The summed E-state index contributed by atoms with van der Waals surface area (Å²) in [7, 11) is 1.30. The van der Waals surface area contributed by atoms with E-state index in [2.05, 4.69) is 31.5 Å². The second kappa shape index (κ2) is 15.5. The SMILES string of the molecule is COC(=O)[C@@]12CC1/C=C\CCCCC[C@H](NC(=O)OC1CCCC1)C(=O)N1C[C@H](Oc3cc(C(=O)CBr)nc4c(C)cccc34)C[C@H]1C(=O)N2. The molecule has 1 unspecified atom stereocenters. The van der Waals surface area contributed by atoms with Crippen molar-refractivity contribution >= 4 is 56.5 Å². The quantitative estimate of drug-likeness (QED) is 0.171. The van der Waals surface area contributed by atoms with Gasteiger partial charge in [0.05, 0.1) is 24.5 Å². The Kier molecular flexibility index (Phi) is 11.1. The number of halogens is 1. The summed E-state index contributed by atoms with van der Waals surface area (Å²) in [6.07, 6.45) is 10.2. The summed E-state index contributed by atoms with van der Waals surface area (Å²) >= 11 is 3.23. The first-order valence-corrected chi connectivity index (χ1v) is 18.8. The van der Waals surface area contributed by atoms with E-state index in [1.54, 1.807) is 6.07 Å². The smallest absolute Gasteiger partial charge is 0.408 e. The van der Waals surface area contributed by atoms with Gasteiger partial charge in [-0.25, -0.2) is 14.6 Å². The van der Waals surface area contributed by atoms with E-state index >= 15 is 0 Å². The Bertz CT molecular complexity index is 1680. The highest BCUT2D eigenvalue weighted by Gasteiger charge is 2.62. The van der Waals surface area contributed by atoms with Crippen molar-refractivity contribution in [3.05, 3.63) is 47.7 Å². The van der Waals surface area contributed by atoms with Gasteiger partial charge in [0.25, 0.3) is 0 Å². The van der Waals surface area contributed by atoms with Gasteiger partial charge in [0, 0.05) is 23.8 Å². The molecule has 1 saturated heterocycles. The first-order chi connectivity index (χ1) is 24.1. The van der Waals surface area contributed by atoms with E-state index in [4.69, 9.17) is 14.2 Å². The summed E-state index contributed by atoms with van der Waals surface area (Å²) in [6, 6.07) is 5.31. The second-order valence-corrected chi connectivity index (χ2v) is 14.4. The molecule has 268 valence electrons. The van der Waals surface area contributed by atoms with Crippen molar-refractivity contribution in [3.8, 4) is 5.75 Å². The van der Waals surface area contributed by atoms with Gasteiger partial charge >= 0.3 is 12.1 Å². The Morgan fingerprint density at radius 1 is 1.08 bits per heavy atom. The van der Waals surface area contributed by atoms with Crippen molar-refractivity contribution in [2.24, 2.45) is 5.92 Å². The summed E-state index contributed by atoms with van der Waals surface area (Å²) in [5, 5.41) is 6.56. The molecule has 0 bridgehead atoms. The predicted molar refractivity (Wildman–Crippen MR) is 188 cm³/mol. The maximum absolute atomic E-state index is 14.4. The van der Waals surface area contributed by atoms with Crippen molar-refractivity contribution in [1.82, 2.24) is 20.5 Å². The monoisotopic (exact) mass is 752 g/mol. The second-order valence-electron chi connectivity index (χ2n) is 13.9. The zero-order chi connectivity index (χ0) is 35.4. The van der Waals surface area contributed by atoms with Gasteiger partial charge in [-0.3, -0.25) is 14.4 Å². The highest BCUT2D eigenvalue weighted by atomic mass is 79.9. The fraction of sp³-hybridized carbons (Fsp3) is 0.568. The van der Waals surface area contributed by atoms with Crippen molar-refractivity contribution in [3.63, 3.8) is 0 Å². The van der Waals surface area contributed by atoms with E-state index in [1.165, 1.54) is 12.0 Å². The van der Waals surface area contributed by atoms with E-state index in [9.17, 15) is 24.0 Å². The molecule has 50 heavy (non-hydrogen) atoms. The van der Waals surface area contributed by atoms with Crippen LogP contribution < -0.4 is 15.4 Å². The molecule has 1 aromatic carbocycles. The molecule has 0 spiro atoms. The van der Waals surface area contributed by atoms with Crippen LogP contribution in [0.3, 0.4) is 0 Å². The molecular formula is C37H45BrN4O8. The van der Waals surface area contributed by atoms with E-state index in [-0.39, 0.29) is 41.8 Å². The van der Waals surface area contributed by atoms with Gasteiger partial charge in [0.1, 0.15) is 41.3 Å². The molecule has 4 aliphatic rings. The van der Waals surface area contributed by atoms with Gasteiger partial charge in [-0.1, -0.05) is 53.1 Å². The van der Waals surface area contributed by atoms with E-state index in [0.29, 0.717) is 35.9 Å². The average Bonchev–Trinajstić information content (AvgIpc) is 3.38. The minimum atomic E-state index is -1.22. The molecule has 2 saturated carbocycles. The van der Waals surface area contributed by atoms with Crippen molar-refractivity contribution < 1.29 is 38.2 Å². The number of hydrogen-bond acceptors (Lipinski definition) is 9. The third-order valence-corrected chi connectivity index (χ3v) is 10.9. The number of amides is 3. The number of alkyl halides is 1. The maximum Gasteiger partial charge on any atom is 0.408 e. The number of benzene rings is 1. The Hall–Kier alpha value is -4.00. The molecule has 1 aromatic heterocycles. The number of alkyl carbamates (subject to hydrolysis) is 1. The zero-order valence-electron chi connectivity index (χ0n) is 28.6. The van der Waals surface area contributed by atoms with Gasteiger partial charge in [-0.2, -0.15) is 0 Å². The number of ether oxygens (including phenoxy) is 3. The third kappa shape index (κ3) is 7.67. The number of aryl methyl sites for hydroxylation is 1. The lowest BCUT2D eigenvalue weighted by atomic mass is 10.0. The topological polar surface area (TPSA) is 153 Å². The van der Waals surface area contributed by atoms with Crippen LogP contribution in [0, 0.1) is 12.8 Å². The van der Waals surface area contributed by atoms with Crippen LogP contribution in [0.15, 0.2) is 36.4 Å². The van der Waals surface area contributed by atoms with Crippen LogP contribution in [-0.4, -0.2) is 88.4 Å². The summed E-state index contributed by atoms with van der Waals surface area (Å²) < 4.78 is 17.3. The Balaban J connectivity index is 1.32. The number of nitrogens with zero attached hydrogens (tertiary/aromatic N) is 2. The Morgan fingerprint density at radius 3 is 2.62 bits per heavy atom. The number of ketones is 1. The Morgan fingerprint density at radius 2 is 1.86 bits per heavy atom. The number of allylic oxidation sites excluding steroid dienone is 1. The molecule has 2 N–H and O–H groups in total. The van der Waals surface area contributed by atoms with Crippen molar-refractivity contribution in [1.29, 1.82) is 0 Å². The number of fused-ring (bicyclic) bond motifs is 3. The summed E-state index contributed by atoms with van der Waals surface area (Å²) in [4.78, 5) is 73.5. The van der Waals surface area contributed by atoms with Crippen molar-refractivity contribution in [2.75, 3.05) is 19.0 Å².